The second kappa shape index (κ2) is 5.83. The number of carbonyl (C=O) groups excluding carboxylic acids is 1. The Kier molecular flexibility index (Phi) is 4.40. The predicted octanol–water partition coefficient (Wildman–Crippen LogP) is 1.15. The lowest BCUT2D eigenvalue weighted by Crippen LogP contribution is -2.55. The molecule has 2 fully saturated rings. The lowest BCUT2D eigenvalue weighted by atomic mass is 9.82. The molecule has 0 radical (unpaired) electrons. The van der Waals surface area contributed by atoms with E-state index in [1.165, 1.54) is 32.1 Å². The maximum Gasteiger partial charge on any atom is 0.319 e. The van der Waals surface area contributed by atoms with E-state index in [4.69, 9.17) is 4.74 Å². The number of nitrogens with zero attached hydrogens (tertiary/aromatic N) is 1. The van der Waals surface area contributed by atoms with Gasteiger partial charge in [-0.25, -0.2) is 0 Å². The van der Waals surface area contributed by atoms with Gasteiger partial charge < -0.3 is 15.0 Å². The second-order valence-corrected chi connectivity index (χ2v) is 5.26. The topological polar surface area (TPSA) is 41.6 Å². The molecule has 2 atom stereocenters. The molecule has 0 amide bonds. The molecule has 2 aliphatic rings. The van der Waals surface area contributed by atoms with Crippen LogP contribution in [0.25, 0.3) is 0 Å². The van der Waals surface area contributed by atoms with Crippen LogP contribution >= 0.6 is 0 Å². The van der Waals surface area contributed by atoms with E-state index in [1.54, 1.807) is 0 Å². The number of piperidine rings is 2. The number of ether oxygens (including phenoxy) is 1. The molecule has 4 heteroatoms. The fourth-order valence-corrected chi connectivity index (χ4v) is 3.22. The smallest absolute Gasteiger partial charge is 0.319 e. The van der Waals surface area contributed by atoms with E-state index in [0.29, 0.717) is 31.3 Å². The molecule has 2 heterocycles. The average Bonchev–Trinajstić information content (AvgIpc) is 2.27. The predicted molar refractivity (Wildman–Crippen MR) is 66.8 cm³/mol. The Bertz CT molecular complexity index is 256. The van der Waals surface area contributed by atoms with E-state index >= 15 is 0 Å². The summed E-state index contributed by atoms with van der Waals surface area (Å²) < 4.78 is 4.94. The van der Waals surface area contributed by atoms with Crippen LogP contribution in [0.5, 0.6) is 0 Å². The Hall–Kier alpha value is -0.610. The molecule has 2 unspecified atom stereocenters. The minimum absolute atomic E-state index is 0.128. The summed E-state index contributed by atoms with van der Waals surface area (Å²) in [4.78, 5) is 13.8. The van der Waals surface area contributed by atoms with Crippen molar-refractivity contribution in [2.45, 2.75) is 57.2 Å². The molecule has 0 saturated carbocycles. The van der Waals surface area contributed by atoms with E-state index in [0.717, 1.165) is 0 Å². The Labute approximate surface area is 104 Å². The third kappa shape index (κ3) is 3.19. The van der Waals surface area contributed by atoms with E-state index in [-0.39, 0.29) is 5.97 Å². The van der Waals surface area contributed by atoms with Crippen LogP contribution in [0.1, 0.15) is 39.0 Å². The van der Waals surface area contributed by atoms with Gasteiger partial charge in [0.1, 0.15) is 0 Å². The largest absolute Gasteiger partial charge is 0.465 e. The quantitative estimate of drug-likeness (QED) is 0.749. The zero-order valence-corrected chi connectivity index (χ0v) is 10.9. The van der Waals surface area contributed by atoms with Crippen molar-refractivity contribution in [1.82, 2.24) is 10.2 Å². The molecule has 98 valence electrons. The highest BCUT2D eigenvalue weighted by atomic mass is 16.5. The molecule has 0 aliphatic carbocycles. The first-order valence-corrected chi connectivity index (χ1v) is 6.81. The average molecular weight is 240 g/mol. The fraction of sp³-hybridized carbons (Fsp3) is 0.923. The molecule has 2 aliphatic heterocycles. The highest BCUT2D eigenvalue weighted by molar-refractivity contribution is 5.71. The van der Waals surface area contributed by atoms with Gasteiger partial charge in [-0.3, -0.25) is 4.79 Å². The Balaban J connectivity index is 1.78. The van der Waals surface area contributed by atoms with Gasteiger partial charge in [-0.15, -0.1) is 0 Å². The molecule has 4 nitrogen and oxygen atoms in total. The van der Waals surface area contributed by atoms with Crippen LogP contribution in [0.15, 0.2) is 0 Å². The molecule has 2 saturated heterocycles. The summed E-state index contributed by atoms with van der Waals surface area (Å²) >= 11 is 0. The first kappa shape index (κ1) is 12.8. The molecule has 0 aromatic rings. The summed E-state index contributed by atoms with van der Waals surface area (Å²) in [6.45, 7) is 2.68. The third-order valence-corrected chi connectivity index (χ3v) is 4.18. The monoisotopic (exact) mass is 240 g/mol. The molecule has 2 rings (SSSR count). The van der Waals surface area contributed by atoms with Crippen molar-refractivity contribution >= 4 is 5.97 Å². The summed E-state index contributed by atoms with van der Waals surface area (Å²) in [5.41, 5.74) is 0. The van der Waals surface area contributed by atoms with Gasteiger partial charge in [0.05, 0.1) is 13.2 Å². The lowest BCUT2D eigenvalue weighted by molar-refractivity contribution is -0.142. The van der Waals surface area contributed by atoms with Gasteiger partial charge in [0, 0.05) is 18.1 Å². The van der Waals surface area contributed by atoms with Crippen LogP contribution < -0.4 is 5.32 Å². The number of rotatable bonds is 4. The van der Waals surface area contributed by atoms with Crippen molar-refractivity contribution in [3.63, 3.8) is 0 Å². The van der Waals surface area contributed by atoms with E-state index in [2.05, 4.69) is 17.3 Å². The number of carbonyl (C=O) groups is 1. The van der Waals surface area contributed by atoms with Crippen molar-refractivity contribution < 1.29 is 9.53 Å². The van der Waals surface area contributed by atoms with Crippen molar-refractivity contribution in [3.05, 3.63) is 0 Å². The Morgan fingerprint density at radius 3 is 2.59 bits per heavy atom. The van der Waals surface area contributed by atoms with Crippen LogP contribution in [-0.4, -0.2) is 49.2 Å². The number of hydrogen-bond donors (Lipinski definition) is 1. The van der Waals surface area contributed by atoms with Crippen molar-refractivity contribution in [2.24, 2.45) is 0 Å². The van der Waals surface area contributed by atoms with Crippen LogP contribution in [-0.2, 0) is 9.53 Å². The number of esters is 1. The zero-order chi connectivity index (χ0) is 12.3. The van der Waals surface area contributed by atoms with Crippen molar-refractivity contribution in [3.8, 4) is 0 Å². The van der Waals surface area contributed by atoms with Gasteiger partial charge in [-0.1, -0.05) is 6.42 Å². The first-order chi connectivity index (χ1) is 8.20. The van der Waals surface area contributed by atoms with Gasteiger partial charge in [-0.05, 0) is 39.7 Å². The van der Waals surface area contributed by atoms with Crippen LogP contribution in [0, 0.1) is 0 Å². The normalized spacial score (nSPS) is 33.4. The minimum atomic E-state index is -0.128. The minimum Gasteiger partial charge on any atom is -0.465 e. The van der Waals surface area contributed by atoms with Crippen LogP contribution in [0.2, 0.25) is 0 Å². The SMILES string of the molecule is CCOC(=O)CNC1CC2CCCC(C1)N2C. The molecule has 0 spiro atoms. The maximum absolute atomic E-state index is 11.3. The van der Waals surface area contributed by atoms with E-state index in [1.807, 2.05) is 6.92 Å². The third-order valence-electron chi connectivity index (χ3n) is 4.18. The number of fused-ring (bicyclic) bond motifs is 2. The molecule has 1 N–H and O–H groups in total. The van der Waals surface area contributed by atoms with E-state index in [9.17, 15) is 4.79 Å². The summed E-state index contributed by atoms with van der Waals surface area (Å²) in [5.74, 6) is -0.128. The van der Waals surface area contributed by atoms with Gasteiger partial charge >= 0.3 is 5.97 Å². The summed E-state index contributed by atoms with van der Waals surface area (Å²) in [7, 11) is 2.25. The van der Waals surface area contributed by atoms with Gasteiger partial charge in [0.2, 0.25) is 0 Å². The summed E-state index contributed by atoms with van der Waals surface area (Å²) in [5, 5.41) is 3.35. The Morgan fingerprint density at radius 1 is 1.35 bits per heavy atom. The van der Waals surface area contributed by atoms with Crippen molar-refractivity contribution in [1.29, 1.82) is 0 Å². The molecular formula is C13H24N2O2. The standard InChI is InChI=1S/C13H24N2O2/c1-3-17-13(16)9-14-10-7-11-5-4-6-12(8-10)15(11)2/h10-12,14H,3-9H2,1-2H3. The molecule has 0 aromatic carbocycles. The highest BCUT2D eigenvalue weighted by Crippen LogP contribution is 2.32. The maximum atomic E-state index is 11.3. The molecule has 0 aromatic heterocycles. The van der Waals surface area contributed by atoms with Gasteiger partial charge in [-0.2, -0.15) is 0 Å². The fourth-order valence-electron chi connectivity index (χ4n) is 3.22. The number of hydrogen-bond acceptors (Lipinski definition) is 4. The van der Waals surface area contributed by atoms with E-state index < -0.39 is 0 Å². The summed E-state index contributed by atoms with van der Waals surface area (Å²) in [6, 6.07) is 1.91. The van der Waals surface area contributed by atoms with Crippen LogP contribution in [0.4, 0.5) is 0 Å². The van der Waals surface area contributed by atoms with Crippen LogP contribution in [0.3, 0.4) is 0 Å². The lowest BCUT2D eigenvalue weighted by Gasteiger charge is -2.47. The van der Waals surface area contributed by atoms with Gasteiger partial charge in [0.15, 0.2) is 0 Å². The molecular weight excluding hydrogens is 216 g/mol. The zero-order valence-electron chi connectivity index (χ0n) is 10.9. The van der Waals surface area contributed by atoms with Gasteiger partial charge in [0.25, 0.3) is 0 Å². The first-order valence-electron chi connectivity index (χ1n) is 6.81. The highest BCUT2D eigenvalue weighted by Gasteiger charge is 2.35. The molecule has 2 bridgehead atoms. The Morgan fingerprint density at radius 2 is 2.00 bits per heavy atom. The second-order valence-electron chi connectivity index (χ2n) is 5.26. The number of nitrogens with one attached hydrogen (secondary N) is 1. The molecule has 17 heavy (non-hydrogen) atoms. The van der Waals surface area contributed by atoms with Crippen molar-refractivity contribution in [2.75, 3.05) is 20.2 Å². The summed E-state index contributed by atoms with van der Waals surface area (Å²) in [6.07, 6.45) is 6.33.